The van der Waals surface area contributed by atoms with Gasteiger partial charge in [-0.1, -0.05) is 12.1 Å². The summed E-state index contributed by atoms with van der Waals surface area (Å²) in [6.07, 6.45) is 6.92. The number of H-pyrrole nitrogens is 1. The minimum absolute atomic E-state index is 0.0472. The fourth-order valence-electron chi connectivity index (χ4n) is 4.40. The van der Waals surface area contributed by atoms with Crippen LogP contribution in [-0.2, 0) is 29.1 Å². The van der Waals surface area contributed by atoms with Crippen molar-refractivity contribution in [1.82, 2.24) is 29.9 Å². The average molecular weight is 479 g/mol. The van der Waals surface area contributed by atoms with E-state index in [0.29, 0.717) is 18.1 Å². The molecule has 0 radical (unpaired) electrons. The molecule has 1 aliphatic rings. The zero-order valence-corrected chi connectivity index (χ0v) is 20.1. The Bertz CT molecular complexity index is 1460. The normalized spacial score (nSPS) is 13.4. The van der Waals surface area contributed by atoms with Crippen LogP contribution in [0.2, 0.25) is 0 Å². The lowest BCUT2D eigenvalue weighted by molar-refractivity contribution is 0.398. The van der Waals surface area contributed by atoms with Crippen molar-refractivity contribution in [2.75, 3.05) is 7.11 Å². The minimum atomic E-state index is -3.89. The molecule has 0 aliphatic heterocycles. The molecule has 0 unspecified atom stereocenters. The lowest BCUT2D eigenvalue weighted by Crippen LogP contribution is -2.08. The molecule has 1 aliphatic carbocycles. The number of nitrogens with zero attached hydrogens (tertiary/aromatic N) is 5. The number of aryl methyl sites for hydroxylation is 1. The standard InChI is InChI=1S/C24H26N6O3S/c1-15(2)30-12-10-23(29-30)34(31,32)24-26-21(27-28-24)14-20-18-6-4-5-16(18)7-8-19(20)17-9-11-25-22(13-17)33-3/h7-13,15H,4-6,14H2,1-3H3,(H,26,27,28). The number of fused-ring (bicyclic) bond motifs is 1. The van der Waals surface area contributed by atoms with E-state index in [0.717, 1.165) is 36.0 Å². The summed E-state index contributed by atoms with van der Waals surface area (Å²) in [5, 5.41) is 12.1. The molecule has 1 N–H and O–H groups in total. The van der Waals surface area contributed by atoms with E-state index < -0.39 is 9.84 Å². The Morgan fingerprint density at radius 3 is 2.76 bits per heavy atom. The number of nitrogens with one attached hydrogen (secondary N) is 1. The van der Waals surface area contributed by atoms with Crippen molar-refractivity contribution in [3.63, 3.8) is 0 Å². The molecule has 9 nitrogen and oxygen atoms in total. The second kappa shape index (κ2) is 8.68. The maximum atomic E-state index is 13.1. The Kier molecular flexibility index (Phi) is 5.68. The van der Waals surface area contributed by atoms with Gasteiger partial charge in [0.05, 0.1) is 7.11 Å². The zero-order chi connectivity index (χ0) is 23.9. The highest BCUT2D eigenvalue weighted by atomic mass is 32.2. The van der Waals surface area contributed by atoms with Gasteiger partial charge in [0.1, 0.15) is 5.82 Å². The van der Waals surface area contributed by atoms with Crippen molar-refractivity contribution >= 4 is 9.84 Å². The van der Waals surface area contributed by atoms with Crippen LogP contribution in [0, 0.1) is 0 Å². The van der Waals surface area contributed by atoms with Crippen LogP contribution in [0.1, 0.15) is 48.8 Å². The molecule has 5 rings (SSSR count). The Balaban J connectivity index is 1.51. The van der Waals surface area contributed by atoms with Crippen LogP contribution in [0.4, 0.5) is 0 Å². The monoisotopic (exact) mass is 478 g/mol. The van der Waals surface area contributed by atoms with Crippen LogP contribution in [0.3, 0.4) is 0 Å². The van der Waals surface area contributed by atoms with Gasteiger partial charge >= 0.3 is 0 Å². The van der Waals surface area contributed by atoms with Gasteiger partial charge in [-0.2, -0.15) is 5.10 Å². The molecule has 0 saturated carbocycles. The first-order chi connectivity index (χ1) is 16.4. The van der Waals surface area contributed by atoms with E-state index in [1.54, 1.807) is 24.2 Å². The quantitative estimate of drug-likeness (QED) is 0.432. The number of sulfone groups is 1. The highest BCUT2D eigenvalue weighted by Gasteiger charge is 2.27. The number of ether oxygens (including phenoxy) is 1. The second-order valence-electron chi connectivity index (χ2n) is 8.65. The van der Waals surface area contributed by atoms with E-state index in [1.165, 1.54) is 17.2 Å². The number of hydrogen-bond donors (Lipinski definition) is 1. The van der Waals surface area contributed by atoms with E-state index in [-0.39, 0.29) is 16.2 Å². The van der Waals surface area contributed by atoms with Crippen molar-refractivity contribution < 1.29 is 13.2 Å². The third-order valence-electron chi connectivity index (χ3n) is 6.16. The van der Waals surface area contributed by atoms with Gasteiger partial charge < -0.3 is 9.72 Å². The third-order valence-corrected chi connectivity index (χ3v) is 7.62. The fourth-order valence-corrected chi connectivity index (χ4v) is 5.44. The van der Waals surface area contributed by atoms with E-state index in [4.69, 9.17) is 4.74 Å². The van der Waals surface area contributed by atoms with Crippen LogP contribution in [-0.4, -0.2) is 45.5 Å². The largest absolute Gasteiger partial charge is 0.481 e. The van der Waals surface area contributed by atoms with Crippen molar-refractivity contribution in [3.8, 4) is 17.0 Å². The summed E-state index contributed by atoms with van der Waals surface area (Å²) in [5.74, 6) is 1.03. The second-order valence-corrected chi connectivity index (χ2v) is 10.5. The van der Waals surface area contributed by atoms with E-state index >= 15 is 0 Å². The summed E-state index contributed by atoms with van der Waals surface area (Å²) in [5.41, 5.74) is 5.78. The van der Waals surface area contributed by atoms with Gasteiger partial charge in [-0.25, -0.2) is 13.4 Å². The molecule has 4 aromatic rings. The molecular weight excluding hydrogens is 452 g/mol. The number of pyridine rings is 1. The Morgan fingerprint density at radius 1 is 1.15 bits per heavy atom. The molecule has 3 heterocycles. The summed E-state index contributed by atoms with van der Waals surface area (Å²) < 4.78 is 33.0. The van der Waals surface area contributed by atoms with Crippen LogP contribution >= 0.6 is 0 Å². The van der Waals surface area contributed by atoms with E-state index in [9.17, 15) is 8.42 Å². The summed E-state index contributed by atoms with van der Waals surface area (Å²) >= 11 is 0. The molecule has 0 bridgehead atoms. The molecular formula is C24H26N6O3S. The number of methoxy groups -OCH3 is 1. The lowest BCUT2D eigenvalue weighted by atomic mass is 9.91. The Hall–Kier alpha value is -3.53. The van der Waals surface area contributed by atoms with Crippen LogP contribution in [0.5, 0.6) is 5.88 Å². The number of benzene rings is 1. The number of aromatic nitrogens is 6. The molecule has 0 spiro atoms. The van der Waals surface area contributed by atoms with Gasteiger partial charge in [0.2, 0.25) is 5.88 Å². The van der Waals surface area contributed by atoms with Gasteiger partial charge in [0, 0.05) is 30.9 Å². The first-order valence-corrected chi connectivity index (χ1v) is 12.7. The van der Waals surface area contributed by atoms with Crippen molar-refractivity contribution in [2.45, 2.75) is 55.8 Å². The van der Waals surface area contributed by atoms with Crippen LogP contribution in [0.25, 0.3) is 11.1 Å². The Labute approximate surface area is 198 Å². The SMILES string of the molecule is COc1cc(-c2ccc3c(c2Cc2nnc(S(=O)(=O)c4ccn(C(C)C)n4)[nH]2)CCC3)ccn1. The number of hydrogen-bond acceptors (Lipinski definition) is 7. The molecule has 0 saturated heterocycles. The third kappa shape index (κ3) is 3.98. The van der Waals surface area contributed by atoms with Crippen LogP contribution < -0.4 is 4.74 Å². The van der Waals surface area contributed by atoms with Gasteiger partial charge in [-0.3, -0.25) is 4.68 Å². The first kappa shape index (κ1) is 22.3. The molecule has 34 heavy (non-hydrogen) atoms. The van der Waals surface area contributed by atoms with Crippen molar-refractivity contribution in [3.05, 3.63) is 65.2 Å². The molecule has 0 atom stereocenters. The number of rotatable bonds is 7. The summed E-state index contributed by atoms with van der Waals surface area (Å²) in [7, 11) is -2.30. The minimum Gasteiger partial charge on any atom is -0.481 e. The molecule has 3 aromatic heterocycles. The summed E-state index contributed by atoms with van der Waals surface area (Å²) in [6.45, 7) is 3.87. The maximum Gasteiger partial charge on any atom is 0.260 e. The van der Waals surface area contributed by atoms with Crippen LogP contribution in [0.15, 0.2) is 52.9 Å². The molecule has 0 fully saturated rings. The molecule has 176 valence electrons. The van der Waals surface area contributed by atoms with Gasteiger partial charge in [0.15, 0.2) is 5.03 Å². The fraction of sp³-hybridized carbons (Fsp3) is 0.333. The summed E-state index contributed by atoms with van der Waals surface area (Å²) in [4.78, 5) is 7.15. The lowest BCUT2D eigenvalue weighted by Gasteiger charge is -2.15. The molecule has 0 amide bonds. The van der Waals surface area contributed by atoms with Gasteiger partial charge in [-0.15, -0.1) is 10.2 Å². The summed E-state index contributed by atoms with van der Waals surface area (Å²) in [6, 6.07) is 9.68. The highest BCUT2D eigenvalue weighted by Crippen LogP contribution is 2.35. The number of aromatic amines is 1. The van der Waals surface area contributed by atoms with E-state index in [2.05, 4.69) is 37.4 Å². The maximum absolute atomic E-state index is 13.1. The van der Waals surface area contributed by atoms with Crippen molar-refractivity contribution in [2.24, 2.45) is 0 Å². The molecule has 1 aromatic carbocycles. The zero-order valence-electron chi connectivity index (χ0n) is 19.3. The average Bonchev–Trinajstić information content (AvgIpc) is 3.60. The smallest absolute Gasteiger partial charge is 0.260 e. The van der Waals surface area contributed by atoms with Crippen molar-refractivity contribution in [1.29, 1.82) is 0 Å². The topological polar surface area (TPSA) is 116 Å². The van der Waals surface area contributed by atoms with Gasteiger partial charge in [0.25, 0.3) is 15.0 Å². The predicted octanol–water partition coefficient (Wildman–Crippen LogP) is 3.57. The highest BCUT2D eigenvalue weighted by molar-refractivity contribution is 7.91. The Morgan fingerprint density at radius 2 is 2.00 bits per heavy atom. The first-order valence-electron chi connectivity index (χ1n) is 11.2. The molecule has 10 heteroatoms. The predicted molar refractivity (Wildman–Crippen MR) is 126 cm³/mol. The van der Waals surface area contributed by atoms with E-state index in [1.807, 2.05) is 26.0 Å². The van der Waals surface area contributed by atoms with Gasteiger partial charge in [-0.05, 0) is 73.1 Å².